The SMILES string of the molecule is O=C(OCc1cc(Cl)c2c(c1)OCCO2)c1ccnc(Cl)c1. The topological polar surface area (TPSA) is 57.7 Å². The lowest BCUT2D eigenvalue weighted by molar-refractivity contribution is 0.0472. The minimum Gasteiger partial charge on any atom is -0.486 e. The fraction of sp³-hybridized carbons (Fsp3) is 0.200. The molecule has 114 valence electrons. The van der Waals surface area contributed by atoms with Gasteiger partial charge in [0.25, 0.3) is 0 Å². The molecule has 0 aliphatic carbocycles. The van der Waals surface area contributed by atoms with Crippen LogP contribution in [-0.2, 0) is 11.3 Å². The minimum absolute atomic E-state index is 0.0646. The van der Waals surface area contributed by atoms with Crippen LogP contribution in [0, 0.1) is 0 Å². The number of rotatable bonds is 3. The lowest BCUT2D eigenvalue weighted by Gasteiger charge is -2.20. The van der Waals surface area contributed by atoms with E-state index < -0.39 is 5.97 Å². The molecule has 7 heteroatoms. The summed E-state index contributed by atoms with van der Waals surface area (Å²) in [5.74, 6) is 0.580. The molecule has 1 aliphatic rings. The van der Waals surface area contributed by atoms with Gasteiger partial charge in [0.05, 0.1) is 10.6 Å². The van der Waals surface area contributed by atoms with Gasteiger partial charge in [-0.3, -0.25) is 0 Å². The summed E-state index contributed by atoms with van der Waals surface area (Å²) in [5.41, 5.74) is 1.05. The van der Waals surface area contributed by atoms with Gasteiger partial charge in [-0.15, -0.1) is 0 Å². The highest BCUT2D eigenvalue weighted by Crippen LogP contribution is 2.38. The Labute approximate surface area is 136 Å². The van der Waals surface area contributed by atoms with Crippen molar-refractivity contribution >= 4 is 29.2 Å². The van der Waals surface area contributed by atoms with Crippen LogP contribution in [0.4, 0.5) is 0 Å². The fourth-order valence-electron chi connectivity index (χ4n) is 2.01. The van der Waals surface area contributed by atoms with Crippen molar-refractivity contribution in [2.75, 3.05) is 13.2 Å². The van der Waals surface area contributed by atoms with Crippen molar-refractivity contribution in [3.05, 3.63) is 51.8 Å². The first kappa shape index (κ1) is 14.9. The number of aromatic nitrogens is 1. The summed E-state index contributed by atoms with van der Waals surface area (Å²) in [6.07, 6.45) is 1.44. The molecule has 5 nitrogen and oxygen atoms in total. The summed E-state index contributed by atoms with van der Waals surface area (Å²) in [5, 5.41) is 0.659. The summed E-state index contributed by atoms with van der Waals surface area (Å²) < 4.78 is 16.1. The van der Waals surface area contributed by atoms with Gasteiger partial charge in [-0.2, -0.15) is 0 Å². The number of carbonyl (C=O) groups excluding carboxylic acids is 1. The van der Waals surface area contributed by atoms with Gasteiger partial charge in [-0.25, -0.2) is 9.78 Å². The van der Waals surface area contributed by atoms with Crippen LogP contribution >= 0.6 is 23.2 Å². The van der Waals surface area contributed by atoms with Crippen molar-refractivity contribution in [3.8, 4) is 11.5 Å². The molecule has 1 aromatic carbocycles. The standard InChI is InChI=1S/C15H11Cl2NO4/c16-11-5-9(6-12-14(11)21-4-3-20-12)8-22-15(19)10-1-2-18-13(17)7-10/h1-2,5-7H,3-4,8H2. The quantitative estimate of drug-likeness (QED) is 0.632. The zero-order valence-corrected chi connectivity index (χ0v) is 12.9. The zero-order valence-electron chi connectivity index (χ0n) is 11.3. The molecule has 0 saturated heterocycles. The molecule has 0 saturated carbocycles. The number of halogens is 2. The number of nitrogens with zero attached hydrogens (tertiary/aromatic N) is 1. The second-order valence-electron chi connectivity index (χ2n) is 4.55. The Bertz CT molecular complexity index is 721. The third-order valence-electron chi connectivity index (χ3n) is 2.99. The predicted octanol–water partition coefficient (Wildman–Crippen LogP) is 3.52. The first-order valence-corrected chi connectivity index (χ1v) is 7.26. The molecule has 0 unspecified atom stereocenters. The maximum atomic E-state index is 11.9. The van der Waals surface area contributed by atoms with Crippen molar-refractivity contribution in [2.24, 2.45) is 0 Å². The van der Waals surface area contributed by atoms with Crippen LogP contribution in [-0.4, -0.2) is 24.2 Å². The van der Waals surface area contributed by atoms with Gasteiger partial charge in [-0.05, 0) is 29.8 Å². The van der Waals surface area contributed by atoms with E-state index in [4.69, 9.17) is 37.4 Å². The van der Waals surface area contributed by atoms with Gasteiger partial charge in [-0.1, -0.05) is 23.2 Å². The number of benzene rings is 1. The number of ether oxygens (including phenoxy) is 3. The van der Waals surface area contributed by atoms with Crippen LogP contribution in [0.15, 0.2) is 30.5 Å². The maximum absolute atomic E-state index is 11.9. The lowest BCUT2D eigenvalue weighted by Crippen LogP contribution is -2.16. The normalized spacial score (nSPS) is 12.8. The van der Waals surface area contributed by atoms with Crippen LogP contribution in [0.25, 0.3) is 0 Å². The predicted molar refractivity (Wildman–Crippen MR) is 80.8 cm³/mol. The summed E-state index contributed by atoms with van der Waals surface area (Å²) in [4.78, 5) is 15.8. The second kappa shape index (κ2) is 6.42. The van der Waals surface area contributed by atoms with Crippen LogP contribution < -0.4 is 9.47 Å². The van der Waals surface area contributed by atoms with Crippen LogP contribution in [0.2, 0.25) is 10.2 Å². The molecular weight excluding hydrogens is 329 g/mol. The Hall–Kier alpha value is -1.98. The van der Waals surface area contributed by atoms with E-state index >= 15 is 0 Å². The molecule has 1 aromatic heterocycles. The zero-order chi connectivity index (χ0) is 15.5. The molecule has 2 aromatic rings. The first-order valence-electron chi connectivity index (χ1n) is 6.50. The van der Waals surface area contributed by atoms with E-state index in [1.165, 1.54) is 18.3 Å². The minimum atomic E-state index is -0.490. The van der Waals surface area contributed by atoms with Gasteiger partial charge in [0.2, 0.25) is 0 Å². The van der Waals surface area contributed by atoms with E-state index in [0.717, 1.165) is 0 Å². The molecule has 0 N–H and O–H groups in total. The average molecular weight is 340 g/mol. The Balaban J connectivity index is 1.71. The number of hydrogen-bond acceptors (Lipinski definition) is 5. The van der Waals surface area contributed by atoms with E-state index in [0.29, 0.717) is 40.9 Å². The first-order chi connectivity index (χ1) is 10.6. The van der Waals surface area contributed by atoms with E-state index in [2.05, 4.69) is 4.98 Å². The number of fused-ring (bicyclic) bond motifs is 1. The molecule has 0 bridgehead atoms. The number of carbonyl (C=O) groups is 1. The lowest BCUT2D eigenvalue weighted by atomic mass is 10.2. The number of esters is 1. The second-order valence-corrected chi connectivity index (χ2v) is 5.34. The van der Waals surface area contributed by atoms with Crippen molar-refractivity contribution in [1.29, 1.82) is 0 Å². The fourth-order valence-corrected chi connectivity index (χ4v) is 2.47. The van der Waals surface area contributed by atoms with Crippen LogP contribution in [0.5, 0.6) is 11.5 Å². The third-order valence-corrected chi connectivity index (χ3v) is 3.48. The average Bonchev–Trinajstić information content (AvgIpc) is 2.53. The van der Waals surface area contributed by atoms with Gasteiger partial charge in [0, 0.05) is 6.20 Å². The summed E-state index contributed by atoms with van der Waals surface area (Å²) in [6, 6.07) is 6.40. The highest BCUT2D eigenvalue weighted by Gasteiger charge is 2.17. The molecule has 1 aliphatic heterocycles. The van der Waals surface area contributed by atoms with Crippen molar-refractivity contribution in [1.82, 2.24) is 4.98 Å². The van der Waals surface area contributed by atoms with E-state index in [1.54, 1.807) is 12.1 Å². The highest BCUT2D eigenvalue weighted by molar-refractivity contribution is 6.32. The van der Waals surface area contributed by atoms with E-state index in [1.807, 2.05) is 0 Å². The van der Waals surface area contributed by atoms with Crippen LogP contribution in [0.1, 0.15) is 15.9 Å². The Morgan fingerprint density at radius 1 is 1.23 bits per heavy atom. The smallest absolute Gasteiger partial charge is 0.338 e. The van der Waals surface area contributed by atoms with E-state index in [-0.39, 0.29) is 11.8 Å². The van der Waals surface area contributed by atoms with Crippen molar-refractivity contribution in [3.63, 3.8) is 0 Å². The van der Waals surface area contributed by atoms with Crippen LogP contribution in [0.3, 0.4) is 0 Å². The number of hydrogen-bond donors (Lipinski definition) is 0. The summed E-state index contributed by atoms with van der Waals surface area (Å²) in [6.45, 7) is 0.987. The third kappa shape index (κ3) is 3.26. The summed E-state index contributed by atoms with van der Waals surface area (Å²) >= 11 is 11.9. The molecule has 0 atom stereocenters. The molecule has 2 heterocycles. The monoisotopic (exact) mass is 339 g/mol. The Kier molecular flexibility index (Phi) is 4.36. The maximum Gasteiger partial charge on any atom is 0.338 e. The molecule has 0 fully saturated rings. The molecular formula is C15H11Cl2NO4. The van der Waals surface area contributed by atoms with Gasteiger partial charge >= 0.3 is 5.97 Å². The molecule has 0 radical (unpaired) electrons. The van der Waals surface area contributed by atoms with Gasteiger partial charge < -0.3 is 14.2 Å². The molecule has 22 heavy (non-hydrogen) atoms. The Morgan fingerprint density at radius 2 is 2.05 bits per heavy atom. The van der Waals surface area contributed by atoms with Crippen molar-refractivity contribution < 1.29 is 19.0 Å². The van der Waals surface area contributed by atoms with Gasteiger partial charge in [0.1, 0.15) is 25.0 Å². The summed E-state index contributed by atoms with van der Waals surface area (Å²) in [7, 11) is 0. The molecule has 3 rings (SSSR count). The molecule has 0 spiro atoms. The van der Waals surface area contributed by atoms with Crippen molar-refractivity contribution in [2.45, 2.75) is 6.61 Å². The van der Waals surface area contributed by atoms with E-state index in [9.17, 15) is 4.79 Å². The largest absolute Gasteiger partial charge is 0.486 e. The molecule has 0 amide bonds. The number of pyridine rings is 1. The highest BCUT2D eigenvalue weighted by atomic mass is 35.5. The Morgan fingerprint density at radius 3 is 2.86 bits per heavy atom. The van der Waals surface area contributed by atoms with Gasteiger partial charge in [0.15, 0.2) is 11.5 Å².